The third kappa shape index (κ3) is 5.12. The maximum absolute atomic E-state index is 14.5. The van der Waals surface area contributed by atoms with Gasteiger partial charge < -0.3 is 9.64 Å². The van der Waals surface area contributed by atoms with Crippen molar-refractivity contribution in [3.63, 3.8) is 0 Å². The molecule has 0 saturated carbocycles. The number of morpholine rings is 1. The van der Waals surface area contributed by atoms with Crippen molar-refractivity contribution in [2.75, 3.05) is 41.7 Å². The van der Waals surface area contributed by atoms with Crippen LogP contribution in [-0.2, 0) is 14.8 Å². The fraction of sp³-hybridized carbons (Fsp3) is 0.304. The summed E-state index contributed by atoms with van der Waals surface area (Å²) in [6.07, 6.45) is 2.10. The van der Waals surface area contributed by atoms with E-state index in [-0.39, 0.29) is 17.0 Å². The van der Waals surface area contributed by atoms with Crippen LogP contribution in [0.2, 0.25) is 0 Å². The van der Waals surface area contributed by atoms with E-state index in [0.29, 0.717) is 30.5 Å². The van der Waals surface area contributed by atoms with Crippen molar-refractivity contribution in [3.05, 3.63) is 65.4 Å². The van der Waals surface area contributed by atoms with E-state index in [1.807, 2.05) is 6.07 Å². The Balaban J connectivity index is 1.68. The lowest BCUT2D eigenvalue weighted by Gasteiger charge is -2.28. The molecule has 7 nitrogen and oxygen atoms in total. The molecule has 1 fully saturated rings. The number of nitrogens with one attached hydrogen (secondary N) is 1. The zero-order valence-electron chi connectivity index (χ0n) is 18.0. The Morgan fingerprint density at radius 1 is 1.15 bits per heavy atom. The zero-order valence-corrected chi connectivity index (χ0v) is 18.8. The second-order valence-corrected chi connectivity index (χ2v) is 9.61. The lowest BCUT2D eigenvalue weighted by Crippen LogP contribution is -2.36. The van der Waals surface area contributed by atoms with Gasteiger partial charge in [-0.3, -0.25) is 14.5 Å². The minimum atomic E-state index is -3.74. The molecule has 33 heavy (non-hydrogen) atoms. The molecule has 0 bridgehead atoms. The number of carbonyl (C=O) groups is 1. The van der Waals surface area contributed by atoms with Gasteiger partial charge in [0.1, 0.15) is 0 Å². The van der Waals surface area contributed by atoms with Crippen molar-refractivity contribution in [3.8, 4) is 0 Å². The molecule has 2 heterocycles. The largest absolute Gasteiger partial charge is 0.378 e. The fourth-order valence-electron chi connectivity index (χ4n) is 3.72. The molecular formula is C23H23F2N3O4S. The highest BCUT2D eigenvalue weighted by Gasteiger charge is 2.21. The molecule has 1 aromatic heterocycles. The van der Waals surface area contributed by atoms with Gasteiger partial charge in [-0.15, -0.1) is 0 Å². The quantitative estimate of drug-likeness (QED) is 0.524. The molecule has 0 spiro atoms. The summed E-state index contributed by atoms with van der Waals surface area (Å²) in [6.45, 7) is 4.34. The highest BCUT2D eigenvalue weighted by molar-refractivity contribution is 7.92. The van der Waals surface area contributed by atoms with Crippen LogP contribution in [0.4, 0.5) is 20.2 Å². The van der Waals surface area contributed by atoms with Crippen LogP contribution in [0, 0.1) is 11.6 Å². The van der Waals surface area contributed by atoms with Crippen LogP contribution in [0.15, 0.2) is 42.6 Å². The summed E-state index contributed by atoms with van der Waals surface area (Å²) in [6, 6.07) is 8.31. The van der Waals surface area contributed by atoms with E-state index in [2.05, 4.69) is 14.6 Å². The van der Waals surface area contributed by atoms with Gasteiger partial charge in [0.2, 0.25) is 10.0 Å². The first-order chi connectivity index (χ1) is 15.8. The number of aromatic nitrogens is 1. The highest BCUT2D eigenvalue weighted by Crippen LogP contribution is 2.26. The lowest BCUT2D eigenvalue weighted by atomic mass is 10.00. The summed E-state index contributed by atoms with van der Waals surface area (Å²) in [5.74, 6) is -3.59. The van der Waals surface area contributed by atoms with Crippen LogP contribution < -0.4 is 9.62 Å². The Bertz CT molecular complexity index is 1310. The van der Waals surface area contributed by atoms with Gasteiger partial charge in [-0.05, 0) is 36.8 Å². The fourth-order valence-corrected chi connectivity index (χ4v) is 4.84. The normalized spacial score (nSPS) is 14.5. The number of ketones is 1. The van der Waals surface area contributed by atoms with E-state index < -0.39 is 33.0 Å². The van der Waals surface area contributed by atoms with E-state index in [0.717, 1.165) is 30.9 Å². The monoisotopic (exact) mass is 475 g/mol. The van der Waals surface area contributed by atoms with Gasteiger partial charge in [0.05, 0.1) is 47.6 Å². The summed E-state index contributed by atoms with van der Waals surface area (Å²) in [5, 5.41) is 0.672. The Kier molecular flexibility index (Phi) is 6.57. The van der Waals surface area contributed by atoms with E-state index in [4.69, 9.17) is 4.74 Å². The molecule has 0 unspecified atom stereocenters. The average Bonchev–Trinajstić information content (AvgIpc) is 2.80. The number of ether oxygens (including phenoxy) is 1. The average molecular weight is 476 g/mol. The van der Waals surface area contributed by atoms with Crippen LogP contribution in [0.1, 0.15) is 29.3 Å². The molecule has 1 saturated heterocycles. The van der Waals surface area contributed by atoms with Crippen LogP contribution >= 0.6 is 0 Å². The SMILES string of the molecule is CCCS(=O)(=O)Nc1cc(F)c(F)c(C(=O)c2ccc3ncc(N4CCOCC4)cc3c2)c1. The Hall–Kier alpha value is -3.11. The van der Waals surface area contributed by atoms with Crippen LogP contribution in [0.3, 0.4) is 0 Å². The number of hydrogen-bond acceptors (Lipinski definition) is 6. The first-order valence-electron chi connectivity index (χ1n) is 10.5. The molecule has 2 aromatic carbocycles. The number of nitrogens with zero attached hydrogens (tertiary/aromatic N) is 2. The number of sulfonamides is 1. The number of pyridine rings is 1. The van der Waals surface area contributed by atoms with Crippen molar-refractivity contribution in [2.24, 2.45) is 0 Å². The summed E-state index contributed by atoms with van der Waals surface area (Å²) in [4.78, 5) is 19.6. The van der Waals surface area contributed by atoms with Gasteiger partial charge in [-0.25, -0.2) is 17.2 Å². The second kappa shape index (κ2) is 9.40. The maximum atomic E-state index is 14.5. The molecule has 0 aliphatic carbocycles. The number of fused-ring (bicyclic) bond motifs is 1. The standard InChI is InChI=1S/C23H23F2N3O4S/c1-2-9-33(30,31)27-17-12-19(22(25)20(24)13-17)23(29)15-3-4-21-16(10-15)11-18(14-26-21)28-5-7-32-8-6-28/h3-4,10-14,27H,2,5-9H2,1H3. The molecule has 1 N–H and O–H groups in total. The van der Waals surface area contributed by atoms with Gasteiger partial charge in [-0.1, -0.05) is 6.92 Å². The summed E-state index contributed by atoms with van der Waals surface area (Å²) >= 11 is 0. The van der Waals surface area contributed by atoms with E-state index in [1.165, 1.54) is 6.07 Å². The van der Waals surface area contributed by atoms with Gasteiger partial charge in [0, 0.05) is 30.1 Å². The van der Waals surface area contributed by atoms with Gasteiger partial charge in [0.25, 0.3) is 0 Å². The highest BCUT2D eigenvalue weighted by atomic mass is 32.2. The number of halogens is 2. The summed E-state index contributed by atoms with van der Waals surface area (Å²) < 4.78 is 60.3. The summed E-state index contributed by atoms with van der Waals surface area (Å²) in [5.41, 5.74) is 0.898. The molecule has 1 aliphatic heterocycles. The molecule has 0 amide bonds. The third-order valence-corrected chi connectivity index (χ3v) is 6.82. The van der Waals surface area contributed by atoms with Crippen LogP contribution in [0.25, 0.3) is 10.9 Å². The Morgan fingerprint density at radius 3 is 2.64 bits per heavy atom. The van der Waals surface area contributed by atoms with Crippen LogP contribution in [-0.4, -0.2) is 51.2 Å². The minimum absolute atomic E-state index is 0.135. The Morgan fingerprint density at radius 2 is 1.91 bits per heavy atom. The van der Waals surface area contributed by atoms with Crippen molar-refractivity contribution in [2.45, 2.75) is 13.3 Å². The second-order valence-electron chi connectivity index (χ2n) is 7.77. The first-order valence-corrected chi connectivity index (χ1v) is 12.2. The predicted molar refractivity (Wildman–Crippen MR) is 122 cm³/mol. The van der Waals surface area contributed by atoms with Crippen molar-refractivity contribution >= 4 is 38.1 Å². The van der Waals surface area contributed by atoms with E-state index in [1.54, 1.807) is 25.3 Å². The van der Waals surface area contributed by atoms with Crippen molar-refractivity contribution in [1.29, 1.82) is 0 Å². The maximum Gasteiger partial charge on any atom is 0.232 e. The van der Waals surface area contributed by atoms with Crippen molar-refractivity contribution in [1.82, 2.24) is 4.98 Å². The van der Waals surface area contributed by atoms with Crippen molar-refractivity contribution < 1.29 is 26.7 Å². The van der Waals surface area contributed by atoms with Gasteiger partial charge >= 0.3 is 0 Å². The Labute approximate surface area is 190 Å². The molecular weight excluding hydrogens is 452 g/mol. The zero-order chi connectivity index (χ0) is 23.6. The minimum Gasteiger partial charge on any atom is -0.378 e. The number of rotatable bonds is 7. The number of anilines is 2. The van der Waals surface area contributed by atoms with E-state index >= 15 is 0 Å². The smallest absolute Gasteiger partial charge is 0.232 e. The predicted octanol–water partition coefficient (Wildman–Crippen LogP) is 3.73. The third-order valence-electron chi connectivity index (χ3n) is 5.32. The molecule has 3 aromatic rings. The first kappa shape index (κ1) is 23.1. The molecule has 174 valence electrons. The molecule has 0 radical (unpaired) electrons. The molecule has 10 heteroatoms. The van der Waals surface area contributed by atoms with Gasteiger partial charge in [0.15, 0.2) is 17.4 Å². The van der Waals surface area contributed by atoms with Gasteiger partial charge in [-0.2, -0.15) is 0 Å². The number of hydrogen-bond donors (Lipinski definition) is 1. The lowest BCUT2D eigenvalue weighted by molar-refractivity contribution is 0.103. The van der Waals surface area contributed by atoms with Crippen LogP contribution in [0.5, 0.6) is 0 Å². The number of benzene rings is 2. The molecule has 4 rings (SSSR count). The topological polar surface area (TPSA) is 88.6 Å². The number of carbonyl (C=O) groups excluding carboxylic acids is 1. The van der Waals surface area contributed by atoms with E-state index in [9.17, 15) is 22.0 Å². The molecule has 1 aliphatic rings. The molecule has 0 atom stereocenters. The summed E-state index contributed by atoms with van der Waals surface area (Å²) in [7, 11) is -3.74.